The molecule has 0 heterocycles. The fourth-order valence-corrected chi connectivity index (χ4v) is 1.96. The van der Waals surface area contributed by atoms with E-state index >= 15 is 0 Å². The molecule has 0 N–H and O–H groups in total. The maximum absolute atomic E-state index is 13.5. The minimum atomic E-state index is -1.32. The van der Waals surface area contributed by atoms with E-state index in [9.17, 15) is 18.0 Å². The number of hydrogen-bond acceptors (Lipinski definition) is 1. The highest BCUT2D eigenvalue weighted by Gasteiger charge is 2.18. The van der Waals surface area contributed by atoms with Gasteiger partial charge in [-0.2, -0.15) is 0 Å². The van der Waals surface area contributed by atoms with E-state index in [0.29, 0.717) is 16.6 Å². The van der Waals surface area contributed by atoms with Crippen LogP contribution in [-0.2, 0) is 0 Å². The Labute approximate surface area is 116 Å². The highest BCUT2D eigenvalue weighted by Crippen LogP contribution is 2.22. The van der Waals surface area contributed by atoms with Crippen molar-refractivity contribution in [3.05, 3.63) is 68.9 Å². The molecule has 0 fully saturated rings. The molecule has 0 aliphatic heterocycles. The fraction of sp³-hybridized carbons (Fsp3) is 0.0714. The molecule has 98 valence electrons. The van der Waals surface area contributed by atoms with Crippen molar-refractivity contribution in [2.75, 3.05) is 0 Å². The molecule has 0 atom stereocenters. The Bertz CT molecular complexity index is 668. The average Bonchev–Trinajstić information content (AvgIpc) is 2.36. The minimum Gasteiger partial charge on any atom is -0.288 e. The zero-order chi connectivity index (χ0) is 14.2. The third-order valence-corrected chi connectivity index (χ3v) is 3.54. The first-order valence-corrected chi connectivity index (χ1v) is 6.15. The Balaban J connectivity index is 2.49. The van der Waals surface area contributed by atoms with E-state index in [1.54, 1.807) is 6.07 Å². The van der Waals surface area contributed by atoms with Crippen molar-refractivity contribution >= 4 is 21.7 Å². The molecule has 2 rings (SSSR count). The van der Waals surface area contributed by atoms with Gasteiger partial charge in [-0.3, -0.25) is 4.79 Å². The van der Waals surface area contributed by atoms with Crippen molar-refractivity contribution in [2.45, 2.75) is 6.92 Å². The van der Waals surface area contributed by atoms with E-state index in [1.807, 2.05) is 6.92 Å². The maximum Gasteiger partial charge on any atom is 0.196 e. The largest absolute Gasteiger partial charge is 0.288 e. The van der Waals surface area contributed by atoms with Gasteiger partial charge in [-0.25, -0.2) is 13.2 Å². The van der Waals surface area contributed by atoms with Gasteiger partial charge in [0.1, 0.15) is 5.82 Å². The Hall–Kier alpha value is -1.62. The first-order chi connectivity index (χ1) is 8.90. The highest BCUT2D eigenvalue weighted by atomic mass is 79.9. The van der Waals surface area contributed by atoms with E-state index < -0.39 is 28.8 Å². The molecule has 0 radical (unpaired) electrons. The molecular weight excluding hydrogens is 321 g/mol. The van der Waals surface area contributed by atoms with Crippen LogP contribution in [0.25, 0.3) is 0 Å². The van der Waals surface area contributed by atoms with Gasteiger partial charge >= 0.3 is 0 Å². The summed E-state index contributed by atoms with van der Waals surface area (Å²) in [5.74, 6) is -4.35. The van der Waals surface area contributed by atoms with Crippen LogP contribution in [0.15, 0.2) is 34.8 Å². The second-order valence-corrected chi connectivity index (χ2v) is 4.89. The van der Waals surface area contributed by atoms with Crippen LogP contribution in [0.2, 0.25) is 0 Å². The van der Waals surface area contributed by atoms with Gasteiger partial charge in [0.2, 0.25) is 0 Å². The average molecular weight is 329 g/mol. The van der Waals surface area contributed by atoms with Gasteiger partial charge in [-0.15, -0.1) is 0 Å². The Kier molecular flexibility index (Phi) is 3.75. The summed E-state index contributed by atoms with van der Waals surface area (Å²) in [7, 11) is 0. The first-order valence-electron chi connectivity index (χ1n) is 5.35. The summed E-state index contributed by atoms with van der Waals surface area (Å²) in [6.07, 6.45) is 0. The molecule has 0 aromatic heterocycles. The van der Waals surface area contributed by atoms with Crippen molar-refractivity contribution in [3.8, 4) is 0 Å². The second kappa shape index (κ2) is 5.17. The van der Waals surface area contributed by atoms with Crippen LogP contribution in [0.5, 0.6) is 0 Å². The summed E-state index contributed by atoms with van der Waals surface area (Å²) >= 11 is 3.25. The molecule has 0 bridgehead atoms. The van der Waals surface area contributed by atoms with Crippen molar-refractivity contribution in [3.63, 3.8) is 0 Å². The zero-order valence-corrected chi connectivity index (χ0v) is 11.4. The SMILES string of the molecule is Cc1ccc(C(=O)c2cc(F)c(F)cc2F)cc1Br. The van der Waals surface area contributed by atoms with Gasteiger partial charge in [-0.05, 0) is 24.6 Å². The molecule has 0 saturated heterocycles. The normalized spacial score (nSPS) is 10.6. The van der Waals surface area contributed by atoms with Gasteiger partial charge in [-0.1, -0.05) is 28.1 Å². The van der Waals surface area contributed by atoms with Crippen LogP contribution < -0.4 is 0 Å². The number of benzene rings is 2. The zero-order valence-electron chi connectivity index (χ0n) is 9.81. The molecule has 0 unspecified atom stereocenters. The number of ketones is 1. The van der Waals surface area contributed by atoms with E-state index in [4.69, 9.17) is 0 Å². The molecular formula is C14H8BrF3O. The van der Waals surface area contributed by atoms with Crippen LogP contribution in [0, 0.1) is 24.4 Å². The summed E-state index contributed by atoms with van der Waals surface area (Å²) in [5, 5.41) is 0. The summed E-state index contributed by atoms with van der Waals surface area (Å²) in [6, 6.07) is 5.63. The molecule has 2 aromatic carbocycles. The van der Waals surface area contributed by atoms with E-state index in [2.05, 4.69) is 15.9 Å². The molecule has 0 aliphatic carbocycles. The predicted octanol–water partition coefficient (Wildman–Crippen LogP) is 4.41. The molecule has 0 saturated carbocycles. The molecule has 0 spiro atoms. The summed E-state index contributed by atoms with van der Waals surface area (Å²) < 4.78 is 40.1. The van der Waals surface area contributed by atoms with Gasteiger partial charge in [0.05, 0.1) is 5.56 Å². The lowest BCUT2D eigenvalue weighted by atomic mass is 10.0. The number of hydrogen-bond donors (Lipinski definition) is 0. The quantitative estimate of drug-likeness (QED) is 0.589. The number of rotatable bonds is 2. The standard InChI is InChI=1S/C14H8BrF3O/c1-7-2-3-8(4-10(7)15)14(19)9-5-12(17)13(18)6-11(9)16/h2-6H,1H3. The van der Waals surface area contributed by atoms with E-state index in [0.717, 1.165) is 5.56 Å². The fourth-order valence-electron chi connectivity index (χ4n) is 1.59. The Morgan fingerprint density at radius 1 is 1.00 bits per heavy atom. The van der Waals surface area contributed by atoms with Crippen LogP contribution in [-0.4, -0.2) is 5.78 Å². The minimum absolute atomic E-state index is 0.197. The van der Waals surface area contributed by atoms with Crippen molar-refractivity contribution in [1.82, 2.24) is 0 Å². The second-order valence-electron chi connectivity index (χ2n) is 4.04. The maximum atomic E-state index is 13.5. The van der Waals surface area contributed by atoms with Crippen LogP contribution in [0.4, 0.5) is 13.2 Å². The van der Waals surface area contributed by atoms with Crippen LogP contribution in [0.1, 0.15) is 21.5 Å². The van der Waals surface area contributed by atoms with Crippen molar-refractivity contribution < 1.29 is 18.0 Å². The topological polar surface area (TPSA) is 17.1 Å². The highest BCUT2D eigenvalue weighted by molar-refractivity contribution is 9.10. The molecule has 5 heteroatoms. The number of carbonyl (C=O) groups excluding carboxylic acids is 1. The van der Waals surface area contributed by atoms with Gasteiger partial charge in [0.25, 0.3) is 0 Å². The smallest absolute Gasteiger partial charge is 0.196 e. The molecule has 2 aromatic rings. The third kappa shape index (κ3) is 2.71. The lowest BCUT2D eigenvalue weighted by Gasteiger charge is -2.05. The number of carbonyl (C=O) groups is 1. The lowest BCUT2D eigenvalue weighted by molar-refractivity contribution is 0.103. The Morgan fingerprint density at radius 2 is 1.63 bits per heavy atom. The van der Waals surface area contributed by atoms with Crippen LogP contribution in [0.3, 0.4) is 0 Å². The molecule has 0 amide bonds. The van der Waals surface area contributed by atoms with E-state index in [1.165, 1.54) is 12.1 Å². The molecule has 19 heavy (non-hydrogen) atoms. The van der Waals surface area contributed by atoms with Crippen molar-refractivity contribution in [1.29, 1.82) is 0 Å². The summed E-state index contributed by atoms with van der Waals surface area (Å²) in [4.78, 5) is 12.0. The predicted molar refractivity (Wildman–Crippen MR) is 68.6 cm³/mol. The lowest BCUT2D eigenvalue weighted by Crippen LogP contribution is -2.06. The summed E-state index contributed by atoms with van der Waals surface area (Å²) in [5.41, 5.74) is 0.611. The third-order valence-electron chi connectivity index (χ3n) is 2.69. The van der Waals surface area contributed by atoms with Gasteiger partial charge in [0, 0.05) is 16.1 Å². The van der Waals surface area contributed by atoms with Gasteiger partial charge in [0.15, 0.2) is 17.4 Å². The van der Waals surface area contributed by atoms with Crippen molar-refractivity contribution in [2.24, 2.45) is 0 Å². The Morgan fingerprint density at radius 3 is 2.26 bits per heavy atom. The summed E-state index contributed by atoms with van der Waals surface area (Å²) in [6.45, 7) is 1.83. The first kappa shape index (κ1) is 13.8. The van der Waals surface area contributed by atoms with Crippen LogP contribution >= 0.6 is 15.9 Å². The molecule has 0 aliphatic rings. The monoisotopic (exact) mass is 328 g/mol. The van der Waals surface area contributed by atoms with Gasteiger partial charge < -0.3 is 0 Å². The number of halogens is 4. The van der Waals surface area contributed by atoms with E-state index in [-0.39, 0.29) is 5.56 Å². The number of aryl methyl sites for hydroxylation is 1. The molecule has 1 nitrogen and oxygen atoms in total.